The first-order chi connectivity index (χ1) is 7.68. The van der Waals surface area contributed by atoms with Crippen LogP contribution in [0.1, 0.15) is 12.6 Å². The highest BCUT2D eigenvalue weighted by Gasteiger charge is 2.20. The minimum Gasteiger partial charge on any atom is -0.388 e. The van der Waals surface area contributed by atoms with Crippen LogP contribution in [0.15, 0.2) is 12.4 Å². The van der Waals surface area contributed by atoms with E-state index in [0.29, 0.717) is 16.7 Å². The number of hydrogen-bond donors (Lipinski definition) is 1. The van der Waals surface area contributed by atoms with Crippen LogP contribution < -0.4 is 10.6 Å². The molecule has 1 aliphatic heterocycles. The van der Waals surface area contributed by atoms with Crippen LogP contribution in [0.2, 0.25) is 0 Å². The van der Waals surface area contributed by atoms with Crippen LogP contribution >= 0.6 is 24.0 Å². The van der Waals surface area contributed by atoms with Crippen molar-refractivity contribution in [2.24, 2.45) is 5.73 Å². The Balaban J connectivity index is 2.17. The van der Waals surface area contributed by atoms with E-state index in [4.69, 9.17) is 18.0 Å². The van der Waals surface area contributed by atoms with Gasteiger partial charge in [0.25, 0.3) is 0 Å². The molecule has 0 amide bonds. The average Bonchev–Trinajstić information content (AvgIpc) is 2.30. The van der Waals surface area contributed by atoms with Gasteiger partial charge in [-0.05, 0) is 6.92 Å². The lowest BCUT2D eigenvalue weighted by atomic mass is 10.3. The third-order valence-electron chi connectivity index (χ3n) is 2.55. The van der Waals surface area contributed by atoms with E-state index in [1.54, 1.807) is 12.4 Å². The highest BCUT2D eigenvalue weighted by Crippen LogP contribution is 2.21. The summed E-state index contributed by atoms with van der Waals surface area (Å²) in [5.41, 5.74) is 6.06. The molecule has 2 heterocycles. The lowest BCUT2D eigenvalue weighted by Gasteiger charge is -2.33. The third-order valence-corrected chi connectivity index (χ3v) is 3.95. The van der Waals surface area contributed by atoms with Crippen LogP contribution in [-0.4, -0.2) is 39.0 Å². The Morgan fingerprint density at radius 3 is 2.94 bits per heavy atom. The van der Waals surface area contributed by atoms with Gasteiger partial charge in [0.1, 0.15) is 16.5 Å². The van der Waals surface area contributed by atoms with Gasteiger partial charge in [-0.1, -0.05) is 12.2 Å². The van der Waals surface area contributed by atoms with E-state index < -0.39 is 0 Å². The number of hydrogen-bond acceptors (Lipinski definition) is 5. The summed E-state index contributed by atoms with van der Waals surface area (Å²) in [6.07, 6.45) is 3.40. The second-order valence-electron chi connectivity index (χ2n) is 3.74. The molecule has 0 bridgehead atoms. The number of aromatic nitrogens is 2. The van der Waals surface area contributed by atoms with Crippen molar-refractivity contribution in [3.05, 3.63) is 18.1 Å². The van der Waals surface area contributed by atoms with Crippen molar-refractivity contribution in [1.29, 1.82) is 0 Å². The van der Waals surface area contributed by atoms with Crippen molar-refractivity contribution in [2.75, 3.05) is 23.0 Å². The average molecular weight is 254 g/mol. The zero-order chi connectivity index (χ0) is 11.5. The Hall–Kier alpha value is -0.880. The molecular formula is C10H14N4S2. The van der Waals surface area contributed by atoms with E-state index in [-0.39, 0.29) is 0 Å². The van der Waals surface area contributed by atoms with Crippen LogP contribution in [0, 0.1) is 0 Å². The number of thioether (sulfide) groups is 1. The quantitative estimate of drug-likeness (QED) is 0.796. The van der Waals surface area contributed by atoms with Gasteiger partial charge in [-0.2, -0.15) is 11.8 Å². The molecule has 0 aromatic carbocycles. The highest BCUT2D eigenvalue weighted by molar-refractivity contribution is 7.99. The molecule has 0 aliphatic carbocycles. The number of anilines is 1. The van der Waals surface area contributed by atoms with Crippen LogP contribution in [0.5, 0.6) is 0 Å². The Morgan fingerprint density at radius 2 is 2.38 bits per heavy atom. The molecule has 4 nitrogen and oxygen atoms in total. The predicted octanol–water partition coefficient (Wildman–Crippen LogP) is 1.05. The monoisotopic (exact) mass is 254 g/mol. The first-order valence-electron chi connectivity index (χ1n) is 5.14. The normalized spacial score (nSPS) is 20.8. The van der Waals surface area contributed by atoms with Gasteiger partial charge in [0.05, 0.1) is 12.4 Å². The summed E-state index contributed by atoms with van der Waals surface area (Å²) >= 11 is 6.82. The molecule has 1 unspecified atom stereocenters. The van der Waals surface area contributed by atoms with Gasteiger partial charge in [0, 0.05) is 24.1 Å². The van der Waals surface area contributed by atoms with Crippen molar-refractivity contribution >= 4 is 34.8 Å². The van der Waals surface area contributed by atoms with Gasteiger partial charge >= 0.3 is 0 Å². The molecule has 1 aliphatic rings. The number of nitrogens with two attached hydrogens (primary N) is 1. The largest absolute Gasteiger partial charge is 0.388 e. The summed E-state index contributed by atoms with van der Waals surface area (Å²) in [6.45, 7) is 3.22. The van der Waals surface area contributed by atoms with Gasteiger partial charge in [-0.15, -0.1) is 0 Å². The van der Waals surface area contributed by atoms with Crippen LogP contribution in [-0.2, 0) is 0 Å². The van der Waals surface area contributed by atoms with E-state index in [0.717, 1.165) is 23.9 Å². The molecule has 16 heavy (non-hydrogen) atoms. The Kier molecular flexibility index (Phi) is 3.60. The van der Waals surface area contributed by atoms with Crippen LogP contribution in [0.4, 0.5) is 5.82 Å². The minimum absolute atomic E-state index is 0.293. The molecule has 2 N–H and O–H groups in total. The zero-order valence-electron chi connectivity index (χ0n) is 9.09. The standard InChI is InChI=1S/C10H14N4S2/c1-7-6-16-3-2-14(7)9-5-12-8(4-13-9)10(11)15/h4-5,7H,2-3,6H2,1H3,(H2,11,15). The smallest absolute Gasteiger partial charge is 0.147 e. The lowest BCUT2D eigenvalue weighted by molar-refractivity contribution is 0.687. The van der Waals surface area contributed by atoms with E-state index in [9.17, 15) is 0 Å². The van der Waals surface area contributed by atoms with Crippen molar-refractivity contribution in [1.82, 2.24) is 9.97 Å². The van der Waals surface area contributed by atoms with E-state index >= 15 is 0 Å². The zero-order valence-corrected chi connectivity index (χ0v) is 10.7. The van der Waals surface area contributed by atoms with Gasteiger partial charge < -0.3 is 10.6 Å². The molecule has 1 aromatic heterocycles. The maximum absolute atomic E-state index is 5.48. The maximum Gasteiger partial charge on any atom is 0.147 e. The molecule has 0 saturated carbocycles. The lowest BCUT2D eigenvalue weighted by Crippen LogP contribution is -2.41. The Bertz CT molecular complexity index is 379. The Labute approximate surface area is 105 Å². The topological polar surface area (TPSA) is 55.0 Å². The van der Waals surface area contributed by atoms with Crippen LogP contribution in [0.25, 0.3) is 0 Å². The fourth-order valence-electron chi connectivity index (χ4n) is 1.66. The van der Waals surface area contributed by atoms with Gasteiger partial charge in [0.15, 0.2) is 0 Å². The maximum atomic E-state index is 5.48. The second kappa shape index (κ2) is 4.97. The number of nitrogens with zero attached hydrogens (tertiary/aromatic N) is 3. The van der Waals surface area contributed by atoms with Crippen molar-refractivity contribution in [3.63, 3.8) is 0 Å². The third kappa shape index (κ3) is 2.44. The fraction of sp³-hybridized carbons (Fsp3) is 0.500. The van der Waals surface area contributed by atoms with Gasteiger partial charge in [-0.25, -0.2) is 9.97 Å². The molecular weight excluding hydrogens is 240 g/mol. The van der Waals surface area contributed by atoms with Gasteiger partial charge in [-0.3, -0.25) is 0 Å². The first-order valence-corrected chi connectivity index (χ1v) is 6.71. The Morgan fingerprint density at radius 1 is 1.56 bits per heavy atom. The SMILES string of the molecule is CC1CSCCN1c1cnc(C(N)=S)cn1. The van der Waals surface area contributed by atoms with E-state index in [1.165, 1.54) is 0 Å². The molecule has 0 radical (unpaired) electrons. The fourth-order valence-corrected chi connectivity index (χ4v) is 2.78. The van der Waals surface area contributed by atoms with Crippen molar-refractivity contribution in [2.45, 2.75) is 13.0 Å². The minimum atomic E-state index is 0.293. The molecule has 1 aromatic rings. The molecule has 1 atom stereocenters. The second-order valence-corrected chi connectivity index (χ2v) is 5.33. The van der Waals surface area contributed by atoms with E-state index in [2.05, 4.69) is 21.8 Å². The van der Waals surface area contributed by atoms with Crippen molar-refractivity contribution < 1.29 is 0 Å². The number of rotatable bonds is 2. The van der Waals surface area contributed by atoms with Crippen molar-refractivity contribution in [3.8, 4) is 0 Å². The van der Waals surface area contributed by atoms with E-state index in [1.807, 2.05) is 11.8 Å². The molecule has 86 valence electrons. The highest BCUT2D eigenvalue weighted by atomic mass is 32.2. The van der Waals surface area contributed by atoms with Gasteiger partial charge in [0.2, 0.25) is 0 Å². The van der Waals surface area contributed by atoms with Crippen LogP contribution in [0.3, 0.4) is 0 Å². The summed E-state index contributed by atoms with van der Waals surface area (Å²) < 4.78 is 0. The molecule has 2 rings (SSSR count). The first kappa shape index (κ1) is 11.6. The summed E-state index contributed by atoms with van der Waals surface area (Å²) in [6, 6.07) is 0.503. The summed E-state index contributed by atoms with van der Waals surface area (Å²) in [5, 5.41) is 0. The summed E-state index contributed by atoms with van der Waals surface area (Å²) in [5.74, 6) is 3.19. The molecule has 1 fully saturated rings. The number of thiocarbonyl (C=S) groups is 1. The summed E-state index contributed by atoms with van der Waals surface area (Å²) in [4.78, 5) is 11.1. The predicted molar refractivity (Wildman–Crippen MR) is 72.1 cm³/mol. The summed E-state index contributed by atoms with van der Waals surface area (Å²) in [7, 11) is 0. The molecule has 0 spiro atoms. The molecule has 6 heteroatoms. The molecule has 1 saturated heterocycles.